The molecular weight excluding hydrogens is 336 g/mol. The lowest BCUT2D eigenvalue weighted by Gasteiger charge is -2.14. The molecule has 1 aliphatic carbocycles. The van der Waals surface area contributed by atoms with Crippen molar-refractivity contribution in [3.8, 4) is 11.1 Å². The van der Waals surface area contributed by atoms with Crippen molar-refractivity contribution in [3.05, 3.63) is 83.1 Å². The number of hydrogen-bond acceptors (Lipinski definition) is 3. The Kier molecular flexibility index (Phi) is 5.87. The zero-order valence-electron chi connectivity index (χ0n) is 15.7. The molecule has 2 aromatic rings. The molecule has 4 nitrogen and oxygen atoms in total. The third-order valence-electron chi connectivity index (χ3n) is 4.78. The van der Waals surface area contributed by atoms with Crippen molar-refractivity contribution in [1.29, 1.82) is 5.41 Å². The van der Waals surface area contributed by atoms with Gasteiger partial charge in [0.25, 0.3) is 0 Å². The van der Waals surface area contributed by atoms with Gasteiger partial charge in [-0.15, -0.1) is 0 Å². The molecule has 0 bridgehead atoms. The van der Waals surface area contributed by atoms with Crippen molar-refractivity contribution in [3.63, 3.8) is 0 Å². The molecule has 1 amide bonds. The maximum atomic E-state index is 12.2. The maximum absolute atomic E-state index is 12.2. The molecule has 0 saturated carbocycles. The first-order chi connectivity index (χ1) is 13.1. The summed E-state index contributed by atoms with van der Waals surface area (Å²) in [5.74, 6) is 0.0527. The van der Waals surface area contributed by atoms with Gasteiger partial charge in [-0.2, -0.15) is 0 Å². The molecule has 27 heavy (non-hydrogen) atoms. The minimum Gasteiger partial charge on any atom is -0.448 e. The van der Waals surface area contributed by atoms with Crippen LogP contribution in [-0.2, 0) is 4.74 Å². The van der Waals surface area contributed by atoms with Crippen LogP contribution in [0.1, 0.15) is 37.3 Å². The minimum atomic E-state index is -0.466. The number of nitrogens with one attached hydrogen (secondary N) is 2. The van der Waals surface area contributed by atoms with Gasteiger partial charge in [0.05, 0.1) is 0 Å². The van der Waals surface area contributed by atoms with Gasteiger partial charge in [-0.3, -0.25) is 5.32 Å². The predicted octanol–water partition coefficient (Wildman–Crippen LogP) is 5.41. The van der Waals surface area contributed by atoms with Crippen LogP contribution in [0.3, 0.4) is 0 Å². The molecule has 0 spiro atoms. The van der Waals surface area contributed by atoms with Gasteiger partial charge < -0.3 is 10.1 Å². The van der Waals surface area contributed by atoms with Gasteiger partial charge in [0.1, 0.15) is 6.61 Å². The summed E-state index contributed by atoms with van der Waals surface area (Å²) >= 11 is 0. The average Bonchev–Trinajstić information content (AvgIpc) is 3.01. The summed E-state index contributed by atoms with van der Waals surface area (Å²) in [6, 6.07) is 16.5. The van der Waals surface area contributed by atoms with Crippen molar-refractivity contribution in [2.75, 3.05) is 6.61 Å². The van der Waals surface area contributed by atoms with Crippen LogP contribution in [0.2, 0.25) is 0 Å². The average molecular weight is 360 g/mol. The van der Waals surface area contributed by atoms with Crippen molar-refractivity contribution < 1.29 is 9.53 Å². The maximum Gasteiger partial charge on any atom is 0.411 e. The van der Waals surface area contributed by atoms with Gasteiger partial charge in [0, 0.05) is 17.8 Å². The number of fused-ring (bicyclic) bond motifs is 3. The summed E-state index contributed by atoms with van der Waals surface area (Å²) in [6.07, 6.45) is 5.24. The Hall–Kier alpha value is -3.14. The minimum absolute atomic E-state index is 0.0527. The van der Waals surface area contributed by atoms with E-state index in [9.17, 15) is 4.79 Å². The molecule has 4 heteroatoms. The first kappa shape index (κ1) is 18.6. The van der Waals surface area contributed by atoms with Crippen LogP contribution in [0.25, 0.3) is 11.1 Å². The summed E-state index contributed by atoms with van der Waals surface area (Å²) in [4.78, 5) is 12.2. The van der Waals surface area contributed by atoms with Gasteiger partial charge in [-0.1, -0.05) is 61.5 Å². The predicted molar refractivity (Wildman–Crippen MR) is 109 cm³/mol. The van der Waals surface area contributed by atoms with E-state index in [0.717, 1.165) is 12.0 Å². The zero-order chi connectivity index (χ0) is 19.2. The highest BCUT2D eigenvalue weighted by Gasteiger charge is 2.28. The molecule has 0 saturated heterocycles. The van der Waals surface area contributed by atoms with E-state index in [-0.39, 0.29) is 5.92 Å². The van der Waals surface area contributed by atoms with Crippen molar-refractivity contribution in [2.45, 2.75) is 26.2 Å². The number of benzene rings is 2. The molecule has 3 rings (SSSR count). The Morgan fingerprint density at radius 1 is 1.07 bits per heavy atom. The van der Waals surface area contributed by atoms with Crippen molar-refractivity contribution in [1.82, 2.24) is 5.32 Å². The molecule has 0 heterocycles. The summed E-state index contributed by atoms with van der Waals surface area (Å²) < 4.78 is 5.51. The number of allylic oxidation sites excluding steroid dienone is 4. The number of amides is 1. The Bertz CT molecular complexity index is 867. The van der Waals surface area contributed by atoms with Crippen LogP contribution >= 0.6 is 0 Å². The number of rotatable bonds is 6. The Morgan fingerprint density at radius 3 is 2.22 bits per heavy atom. The molecule has 0 unspecified atom stereocenters. The van der Waals surface area contributed by atoms with E-state index in [0.29, 0.717) is 12.3 Å². The number of carbonyl (C=O) groups excluding carboxylic acids is 1. The zero-order valence-corrected chi connectivity index (χ0v) is 15.7. The van der Waals surface area contributed by atoms with Gasteiger partial charge >= 0.3 is 6.09 Å². The topological polar surface area (TPSA) is 62.2 Å². The molecule has 1 aliphatic rings. The van der Waals surface area contributed by atoms with Crippen LogP contribution in [0.15, 0.2) is 72.0 Å². The van der Waals surface area contributed by atoms with E-state index in [1.54, 1.807) is 13.0 Å². The van der Waals surface area contributed by atoms with Gasteiger partial charge in [-0.25, -0.2) is 4.79 Å². The fourth-order valence-corrected chi connectivity index (χ4v) is 3.34. The molecular formula is C23H24N2O2. The van der Waals surface area contributed by atoms with Crippen LogP contribution < -0.4 is 5.32 Å². The van der Waals surface area contributed by atoms with E-state index in [1.807, 2.05) is 37.3 Å². The Morgan fingerprint density at radius 2 is 1.67 bits per heavy atom. The standard InChI is InChI=1S/C23H24N2O2/c1-3-17(14-24)13-12-16(2)25-23(26)27-15-22-20-10-6-4-8-18(20)19-9-5-7-11-21(19)22/h4-14,22,24H,3,15H2,1-2H3,(H,25,26)/b16-12+,17-13+,24-14?. The van der Waals surface area contributed by atoms with Crippen LogP contribution in [0, 0.1) is 5.41 Å². The highest BCUT2D eigenvalue weighted by Crippen LogP contribution is 2.44. The Labute approximate surface area is 160 Å². The molecule has 0 fully saturated rings. The lowest BCUT2D eigenvalue weighted by Crippen LogP contribution is -2.24. The van der Waals surface area contributed by atoms with Crippen LogP contribution in [0.4, 0.5) is 4.79 Å². The molecule has 0 radical (unpaired) electrons. The number of ether oxygens (including phenoxy) is 1. The van der Waals surface area contributed by atoms with E-state index in [1.165, 1.54) is 28.5 Å². The smallest absolute Gasteiger partial charge is 0.411 e. The second-order valence-electron chi connectivity index (χ2n) is 6.54. The van der Waals surface area contributed by atoms with Crippen molar-refractivity contribution >= 4 is 12.3 Å². The third kappa shape index (κ3) is 4.17. The Balaban J connectivity index is 1.67. The fraction of sp³-hybridized carbons (Fsp3) is 0.217. The van der Waals surface area contributed by atoms with E-state index < -0.39 is 6.09 Å². The van der Waals surface area contributed by atoms with Gasteiger partial charge in [0.15, 0.2) is 0 Å². The highest BCUT2D eigenvalue weighted by atomic mass is 16.5. The fourth-order valence-electron chi connectivity index (χ4n) is 3.34. The lowest BCUT2D eigenvalue weighted by atomic mass is 9.98. The normalized spacial score (nSPS) is 13.7. The van der Waals surface area contributed by atoms with Gasteiger partial charge in [0.2, 0.25) is 0 Å². The number of hydrogen-bond donors (Lipinski definition) is 2. The molecule has 138 valence electrons. The second-order valence-corrected chi connectivity index (χ2v) is 6.54. The number of alkyl carbamates (subject to hydrolysis) is 1. The van der Waals surface area contributed by atoms with Crippen LogP contribution in [-0.4, -0.2) is 18.9 Å². The SMILES string of the molecule is CC/C(C=N)=C\C=C(/C)NC(=O)OCC1c2ccccc2-c2ccccc21. The molecule has 2 N–H and O–H groups in total. The third-order valence-corrected chi connectivity index (χ3v) is 4.78. The summed E-state index contributed by atoms with van der Waals surface area (Å²) in [6.45, 7) is 4.08. The van der Waals surface area contributed by atoms with E-state index in [4.69, 9.17) is 10.1 Å². The van der Waals surface area contributed by atoms with Crippen LogP contribution in [0.5, 0.6) is 0 Å². The molecule has 0 atom stereocenters. The highest BCUT2D eigenvalue weighted by molar-refractivity contribution is 5.79. The van der Waals surface area contributed by atoms with E-state index in [2.05, 4.69) is 29.6 Å². The first-order valence-electron chi connectivity index (χ1n) is 9.14. The monoisotopic (exact) mass is 360 g/mol. The largest absolute Gasteiger partial charge is 0.448 e. The quantitative estimate of drug-likeness (QED) is 0.534. The summed E-state index contributed by atoms with van der Waals surface area (Å²) in [5.41, 5.74) is 6.38. The number of carbonyl (C=O) groups is 1. The first-order valence-corrected chi connectivity index (χ1v) is 9.14. The lowest BCUT2D eigenvalue weighted by molar-refractivity contribution is 0.146. The molecule has 0 aliphatic heterocycles. The van der Waals surface area contributed by atoms with Crippen molar-refractivity contribution in [2.24, 2.45) is 0 Å². The van der Waals surface area contributed by atoms with E-state index >= 15 is 0 Å². The molecule has 0 aromatic heterocycles. The summed E-state index contributed by atoms with van der Waals surface area (Å²) in [7, 11) is 0. The molecule has 2 aromatic carbocycles. The second kappa shape index (κ2) is 8.49. The van der Waals surface area contributed by atoms with Gasteiger partial charge in [-0.05, 0) is 47.2 Å². The summed E-state index contributed by atoms with van der Waals surface area (Å²) in [5, 5.41) is 10.0.